The number of allylic oxidation sites excluding steroid dienone is 1. The lowest BCUT2D eigenvalue weighted by Gasteiger charge is -2.12. The number of ether oxygens (including phenoxy) is 2. The van der Waals surface area contributed by atoms with Crippen LogP contribution in [0.3, 0.4) is 0 Å². The maximum absolute atomic E-state index is 12.3. The van der Waals surface area contributed by atoms with E-state index in [9.17, 15) is 4.79 Å². The van der Waals surface area contributed by atoms with Crippen molar-refractivity contribution in [2.45, 2.75) is 6.61 Å². The number of thiophene rings is 1. The zero-order chi connectivity index (χ0) is 22.3. The Morgan fingerprint density at radius 1 is 0.938 bits per heavy atom. The molecule has 0 atom stereocenters. The van der Waals surface area contributed by atoms with E-state index in [1.54, 1.807) is 31.4 Å². The van der Waals surface area contributed by atoms with Gasteiger partial charge in [0, 0.05) is 5.56 Å². The number of benzene rings is 3. The Kier molecular flexibility index (Phi) is 7.05. The lowest BCUT2D eigenvalue weighted by Crippen LogP contribution is -1.99. The molecular weight excluding hydrogens is 440 g/mol. The number of hydrogen-bond donors (Lipinski definition) is 0. The van der Waals surface area contributed by atoms with E-state index in [0.717, 1.165) is 28.2 Å². The van der Waals surface area contributed by atoms with Crippen molar-refractivity contribution in [2.75, 3.05) is 7.11 Å². The van der Waals surface area contributed by atoms with Gasteiger partial charge in [-0.05, 0) is 59.2 Å². The largest absolute Gasteiger partial charge is 0.496 e. The topological polar surface area (TPSA) is 35.5 Å². The fourth-order valence-corrected chi connectivity index (χ4v) is 4.21. The molecule has 5 heteroatoms. The Labute approximate surface area is 196 Å². The van der Waals surface area contributed by atoms with Gasteiger partial charge in [-0.2, -0.15) is 0 Å². The third kappa shape index (κ3) is 5.47. The summed E-state index contributed by atoms with van der Waals surface area (Å²) in [6.07, 6.45) is 3.34. The van der Waals surface area contributed by atoms with Gasteiger partial charge in [0.05, 0.1) is 16.3 Å². The van der Waals surface area contributed by atoms with E-state index >= 15 is 0 Å². The van der Waals surface area contributed by atoms with E-state index < -0.39 is 0 Å². The van der Waals surface area contributed by atoms with Crippen LogP contribution < -0.4 is 9.47 Å². The molecule has 0 saturated heterocycles. The zero-order valence-corrected chi connectivity index (χ0v) is 19.0. The molecule has 0 fully saturated rings. The van der Waals surface area contributed by atoms with Crippen LogP contribution in [0, 0.1) is 0 Å². The molecule has 1 aromatic heterocycles. The van der Waals surface area contributed by atoms with Gasteiger partial charge in [0.25, 0.3) is 0 Å². The van der Waals surface area contributed by atoms with Crippen molar-refractivity contribution in [3.05, 3.63) is 111 Å². The molecule has 3 nitrogen and oxygen atoms in total. The standard InChI is InChI=1S/C27H21ClO3S/c1-30-25-14-8-19(7-13-24(29)26-15-16-27(28)32-26)17-22(25)18-31-23-11-9-21(10-12-23)20-5-3-2-4-6-20/h2-17H,18H2,1H3/b13-7+. The first-order valence-electron chi connectivity index (χ1n) is 10.1. The van der Waals surface area contributed by atoms with Crippen molar-refractivity contribution in [1.82, 2.24) is 0 Å². The van der Waals surface area contributed by atoms with E-state index in [-0.39, 0.29) is 5.78 Å². The molecule has 0 unspecified atom stereocenters. The molecule has 0 aliphatic heterocycles. The minimum atomic E-state index is -0.0750. The van der Waals surface area contributed by atoms with Crippen molar-refractivity contribution >= 4 is 34.8 Å². The Bertz CT molecular complexity index is 1230. The van der Waals surface area contributed by atoms with Crippen LogP contribution in [0.4, 0.5) is 0 Å². The summed E-state index contributed by atoms with van der Waals surface area (Å²) in [4.78, 5) is 12.9. The minimum Gasteiger partial charge on any atom is -0.496 e. The van der Waals surface area contributed by atoms with Gasteiger partial charge < -0.3 is 9.47 Å². The summed E-state index contributed by atoms with van der Waals surface area (Å²) < 4.78 is 12.1. The molecule has 0 saturated carbocycles. The first kappa shape index (κ1) is 21.9. The second-order valence-electron chi connectivity index (χ2n) is 7.05. The lowest BCUT2D eigenvalue weighted by atomic mass is 10.1. The highest BCUT2D eigenvalue weighted by Crippen LogP contribution is 2.26. The monoisotopic (exact) mass is 460 g/mol. The summed E-state index contributed by atoms with van der Waals surface area (Å²) in [7, 11) is 1.63. The summed E-state index contributed by atoms with van der Waals surface area (Å²) >= 11 is 7.19. The lowest BCUT2D eigenvalue weighted by molar-refractivity contribution is 0.105. The van der Waals surface area contributed by atoms with Gasteiger partial charge in [-0.1, -0.05) is 66.2 Å². The molecule has 0 aliphatic rings. The molecule has 32 heavy (non-hydrogen) atoms. The molecular formula is C27H21ClO3S. The van der Waals surface area contributed by atoms with E-state index in [0.29, 0.717) is 15.8 Å². The Morgan fingerprint density at radius 3 is 2.38 bits per heavy atom. The molecule has 0 radical (unpaired) electrons. The molecule has 160 valence electrons. The van der Waals surface area contributed by atoms with Gasteiger partial charge in [0.2, 0.25) is 0 Å². The van der Waals surface area contributed by atoms with Crippen LogP contribution in [-0.2, 0) is 6.61 Å². The summed E-state index contributed by atoms with van der Waals surface area (Å²) in [5, 5.41) is 0. The van der Waals surface area contributed by atoms with Crippen molar-refractivity contribution in [3.8, 4) is 22.6 Å². The van der Waals surface area contributed by atoms with Crippen LogP contribution in [0.1, 0.15) is 20.8 Å². The van der Waals surface area contributed by atoms with Crippen molar-refractivity contribution in [2.24, 2.45) is 0 Å². The fraction of sp³-hybridized carbons (Fsp3) is 0.0741. The van der Waals surface area contributed by atoms with Crippen LogP contribution in [-0.4, -0.2) is 12.9 Å². The Hall–Kier alpha value is -3.34. The highest BCUT2D eigenvalue weighted by molar-refractivity contribution is 7.18. The first-order valence-corrected chi connectivity index (χ1v) is 11.2. The average molecular weight is 461 g/mol. The van der Waals surface area contributed by atoms with E-state index in [4.69, 9.17) is 21.1 Å². The van der Waals surface area contributed by atoms with Crippen LogP contribution >= 0.6 is 22.9 Å². The highest BCUT2D eigenvalue weighted by Gasteiger charge is 2.08. The molecule has 0 bridgehead atoms. The quantitative estimate of drug-likeness (QED) is 0.201. The number of ketones is 1. The normalized spacial score (nSPS) is 10.9. The predicted molar refractivity (Wildman–Crippen MR) is 132 cm³/mol. The van der Waals surface area contributed by atoms with Crippen LogP contribution in [0.5, 0.6) is 11.5 Å². The third-order valence-corrected chi connectivity index (χ3v) is 6.15. The maximum Gasteiger partial charge on any atom is 0.195 e. The number of halogens is 1. The van der Waals surface area contributed by atoms with Gasteiger partial charge >= 0.3 is 0 Å². The Balaban J connectivity index is 1.45. The van der Waals surface area contributed by atoms with Gasteiger partial charge in [-0.3, -0.25) is 4.79 Å². The summed E-state index contributed by atoms with van der Waals surface area (Å²) in [6, 6.07) is 27.4. The number of carbonyl (C=O) groups excluding carboxylic acids is 1. The highest BCUT2D eigenvalue weighted by atomic mass is 35.5. The molecule has 4 aromatic rings. The summed E-state index contributed by atoms with van der Waals surface area (Å²) in [5.41, 5.74) is 4.09. The number of rotatable bonds is 8. The maximum atomic E-state index is 12.3. The van der Waals surface area contributed by atoms with Crippen molar-refractivity contribution in [3.63, 3.8) is 0 Å². The minimum absolute atomic E-state index is 0.0750. The Morgan fingerprint density at radius 2 is 1.69 bits per heavy atom. The number of hydrogen-bond acceptors (Lipinski definition) is 4. The van der Waals surface area contributed by atoms with Gasteiger partial charge in [0.1, 0.15) is 18.1 Å². The average Bonchev–Trinajstić information content (AvgIpc) is 3.28. The molecule has 3 aromatic carbocycles. The van der Waals surface area contributed by atoms with E-state index in [2.05, 4.69) is 12.1 Å². The SMILES string of the molecule is COc1ccc(/C=C/C(=O)c2ccc(Cl)s2)cc1COc1ccc(-c2ccccc2)cc1. The number of carbonyl (C=O) groups is 1. The zero-order valence-electron chi connectivity index (χ0n) is 17.5. The van der Waals surface area contributed by atoms with Gasteiger partial charge in [-0.15, -0.1) is 11.3 Å². The van der Waals surface area contributed by atoms with Crippen LogP contribution in [0.2, 0.25) is 4.34 Å². The molecule has 0 N–H and O–H groups in total. The fourth-order valence-electron chi connectivity index (χ4n) is 3.25. The second-order valence-corrected chi connectivity index (χ2v) is 8.77. The predicted octanol–water partition coefficient (Wildman–Crippen LogP) is 7.55. The van der Waals surface area contributed by atoms with E-state index in [1.165, 1.54) is 16.9 Å². The molecule has 0 spiro atoms. The summed E-state index contributed by atoms with van der Waals surface area (Å²) in [5.74, 6) is 1.44. The van der Waals surface area contributed by atoms with Gasteiger partial charge in [0.15, 0.2) is 5.78 Å². The smallest absolute Gasteiger partial charge is 0.195 e. The van der Waals surface area contributed by atoms with Crippen molar-refractivity contribution < 1.29 is 14.3 Å². The van der Waals surface area contributed by atoms with E-state index in [1.807, 2.05) is 60.7 Å². The third-order valence-electron chi connectivity index (χ3n) is 4.90. The van der Waals surface area contributed by atoms with Crippen LogP contribution in [0.15, 0.2) is 91.0 Å². The molecule has 0 amide bonds. The van der Waals surface area contributed by atoms with Gasteiger partial charge in [-0.25, -0.2) is 0 Å². The van der Waals surface area contributed by atoms with Crippen molar-refractivity contribution in [1.29, 1.82) is 0 Å². The number of methoxy groups -OCH3 is 1. The summed E-state index contributed by atoms with van der Waals surface area (Å²) in [6.45, 7) is 0.351. The molecule has 4 rings (SSSR count). The second kappa shape index (κ2) is 10.3. The molecule has 1 heterocycles. The van der Waals surface area contributed by atoms with Crippen LogP contribution in [0.25, 0.3) is 17.2 Å². The molecule has 0 aliphatic carbocycles. The first-order chi connectivity index (χ1) is 15.6.